The first-order valence-corrected chi connectivity index (χ1v) is 48.2. The SMILES string of the molecule is Cc1c(F)cc(CC2CCN(C(C)C)C2)cc1F.Cc1c(F)cc(CCC2CC(OC(C)C)C2)cc1C#N.Cc1c(F)cc(N2CC(CC(C)C)C2)cc1F.Cc1c(F)cc(N2CC3(CCN(C(C)C)C3)C2)cc1F.Cc1c(F)cc(N2CCC3(C2)CN(C(C)C)C3)cc1F.Cc1c(F)cc(OC2CCN(C(C)C)C2)cc1F.Cc1c(F)cc(OCC2CC(CC(C)C)C2)cc1F. The number of halogens is 13. The Morgan fingerprint density at radius 3 is 1.20 bits per heavy atom. The predicted octanol–water partition coefficient (Wildman–Crippen LogP) is 25.7. The van der Waals surface area contributed by atoms with Gasteiger partial charge in [-0.2, -0.15) is 5.26 Å². The molecule has 9 aliphatic rings. The van der Waals surface area contributed by atoms with Crippen LogP contribution in [0.1, 0.15) is 223 Å². The molecule has 7 aromatic carbocycles. The minimum absolute atomic E-state index is 0.0221. The van der Waals surface area contributed by atoms with Crippen LogP contribution in [0.15, 0.2) is 84.9 Å². The van der Waals surface area contributed by atoms with E-state index in [-0.39, 0.29) is 51.1 Å². The summed E-state index contributed by atoms with van der Waals surface area (Å²) in [4.78, 5) is 15.9. The summed E-state index contributed by atoms with van der Waals surface area (Å²) in [6, 6.07) is 24.4. The highest BCUT2D eigenvalue weighted by Crippen LogP contribution is 2.46. The summed E-state index contributed by atoms with van der Waals surface area (Å²) >= 11 is 0. The molecule has 728 valence electrons. The zero-order valence-corrected chi connectivity index (χ0v) is 82.2. The lowest BCUT2D eigenvalue weighted by Crippen LogP contribution is -2.59. The maximum atomic E-state index is 13.7. The first-order chi connectivity index (χ1) is 62.2. The summed E-state index contributed by atoms with van der Waals surface area (Å²) in [5.41, 5.74) is 5.85. The van der Waals surface area contributed by atoms with Crippen molar-refractivity contribution in [3.63, 3.8) is 0 Å². The fourth-order valence-corrected chi connectivity index (χ4v) is 19.7. The lowest BCUT2D eigenvalue weighted by molar-refractivity contribution is -0.0633. The van der Waals surface area contributed by atoms with Crippen molar-refractivity contribution < 1.29 is 71.3 Å². The third kappa shape index (κ3) is 29.0. The number of benzene rings is 7. The van der Waals surface area contributed by atoms with Gasteiger partial charge in [-0.1, -0.05) is 27.7 Å². The fraction of sp³-hybridized carbons (Fsp3) is 0.602. The minimum Gasteiger partial charge on any atom is -0.493 e. The lowest BCUT2D eigenvalue weighted by atomic mass is 9.72. The number of ether oxygens (including phenoxy) is 3. The van der Waals surface area contributed by atoms with Crippen LogP contribution < -0.4 is 24.2 Å². The van der Waals surface area contributed by atoms with Gasteiger partial charge in [0.05, 0.1) is 30.4 Å². The van der Waals surface area contributed by atoms with Gasteiger partial charge in [0, 0.05) is 194 Å². The monoisotopic (exact) mass is 1850 g/mol. The van der Waals surface area contributed by atoms with Crippen LogP contribution in [0.25, 0.3) is 0 Å². The van der Waals surface area contributed by atoms with Crippen molar-refractivity contribution in [2.45, 2.75) is 271 Å². The molecule has 0 radical (unpaired) electrons. The van der Waals surface area contributed by atoms with Gasteiger partial charge in [-0.3, -0.25) is 9.80 Å². The molecule has 0 amide bonds. The molecule has 7 heterocycles. The average Bonchev–Trinajstić information content (AvgIpc) is 1.59. The third-order valence-corrected chi connectivity index (χ3v) is 28.4. The molecule has 2 unspecified atom stereocenters. The standard InChI is InChI=1S/C17H22FNO.2C16H22F2N2.C16H22F2O.C15H21F2N.C14H19F2NO.C14H19F2N/c1-11(2)20-16-7-14(8-16)5-4-13-6-15(10-19)12(3)17(18)9-13;1-11(2)20-9-16(10-20)4-5-19(8-16)13-6-14(17)12(3)15(18)7-13;1-11(2)19-5-4-16(8-19)9-20(10-16)13-6-14(17)12(3)15(18)7-13;1-10(2)4-12-5-13(6-12)9-19-14-7-15(17)11(3)16(18)8-14;1-10(2)18-5-4-12(9-18)6-13-7-14(16)11(3)15(17)8-13;1-9(2)17-5-4-11(8-17)18-12-6-13(15)10(3)14(16)7-12;1-9(2)4-11-7-17(8-11)12-5-13(15)10(3)14(16)6-12/h6,9,11,14,16H,4-5,7-8H2,1-3H3;2*6-7,11H,4-5,8-10H2,1-3H3;7-8,10,12-13H,4-6,9H2,1-3H3;7-8,10,12H,4-6,9H2,1-3H3;6-7,9,11H,4-5,8H2,1-3H3;5-6,9,11H,4,7-8H2,1-3H3. The van der Waals surface area contributed by atoms with Crippen molar-refractivity contribution in [3.8, 4) is 17.6 Å². The number of nitriles is 1. The molecule has 7 saturated heterocycles. The van der Waals surface area contributed by atoms with E-state index in [1.807, 2.05) is 11.0 Å². The maximum Gasteiger partial charge on any atom is 0.132 e. The molecular formula is C108H147F13N8O3. The third-order valence-electron chi connectivity index (χ3n) is 28.4. The van der Waals surface area contributed by atoms with E-state index in [9.17, 15) is 57.1 Å². The second kappa shape index (κ2) is 47.1. The van der Waals surface area contributed by atoms with Crippen LogP contribution in [0.2, 0.25) is 0 Å². The molecule has 24 heteroatoms. The summed E-state index contributed by atoms with van der Waals surface area (Å²) in [7, 11) is 0. The number of anilines is 3. The summed E-state index contributed by atoms with van der Waals surface area (Å²) in [5.74, 6) is -0.777. The zero-order chi connectivity index (χ0) is 96.8. The Labute approximate surface area is 779 Å². The molecule has 11 nitrogen and oxygen atoms in total. The Balaban J connectivity index is 0.000000160. The van der Waals surface area contributed by atoms with Gasteiger partial charge in [-0.05, 0) is 327 Å². The molecule has 0 bridgehead atoms. The van der Waals surface area contributed by atoms with Crippen molar-refractivity contribution in [1.82, 2.24) is 19.6 Å². The molecule has 2 saturated carbocycles. The highest BCUT2D eigenvalue weighted by Gasteiger charge is 2.50. The summed E-state index contributed by atoms with van der Waals surface area (Å²) in [6.45, 7) is 55.3. The smallest absolute Gasteiger partial charge is 0.132 e. The van der Waals surface area contributed by atoms with Crippen molar-refractivity contribution >= 4 is 17.1 Å². The van der Waals surface area contributed by atoms with E-state index in [0.717, 1.165) is 166 Å². The van der Waals surface area contributed by atoms with Crippen LogP contribution in [0, 0.1) is 188 Å². The van der Waals surface area contributed by atoms with E-state index in [2.05, 4.69) is 132 Å². The summed E-state index contributed by atoms with van der Waals surface area (Å²) in [5, 5.41) is 8.99. The van der Waals surface area contributed by atoms with E-state index in [0.29, 0.717) is 117 Å². The van der Waals surface area contributed by atoms with E-state index in [1.165, 1.54) is 146 Å². The van der Waals surface area contributed by atoms with E-state index < -0.39 is 69.8 Å². The van der Waals surface area contributed by atoms with Crippen molar-refractivity contribution in [2.24, 2.45) is 52.3 Å². The Kier molecular flexibility index (Phi) is 37.8. The number of likely N-dealkylation sites (tertiary alicyclic amines) is 4. The van der Waals surface area contributed by atoms with Crippen molar-refractivity contribution in [2.75, 3.05) is 113 Å². The van der Waals surface area contributed by atoms with Crippen LogP contribution in [-0.2, 0) is 17.6 Å². The second-order valence-corrected chi connectivity index (χ2v) is 41.8. The number of hydrogen-bond acceptors (Lipinski definition) is 11. The predicted molar refractivity (Wildman–Crippen MR) is 506 cm³/mol. The van der Waals surface area contributed by atoms with E-state index >= 15 is 0 Å². The zero-order valence-electron chi connectivity index (χ0n) is 82.2. The molecule has 7 aliphatic heterocycles. The molecule has 16 rings (SSSR count). The topological polar surface area (TPSA) is 74.2 Å². The first-order valence-electron chi connectivity index (χ1n) is 48.2. The molecule has 2 atom stereocenters. The van der Waals surface area contributed by atoms with Gasteiger partial charge in [0.15, 0.2) is 0 Å². The van der Waals surface area contributed by atoms with E-state index in [4.69, 9.17) is 19.5 Å². The quantitative estimate of drug-likeness (QED) is 0.0575. The Morgan fingerprint density at radius 1 is 0.356 bits per heavy atom. The number of aryl methyl sites for hydroxylation is 1. The van der Waals surface area contributed by atoms with Gasteiger partial charge in [0.2, 0.25) is 0 Å². The van der Waals surface area contributed by atoms with Crippen LogP contribution in [0.4, 0.5) is 74.1 Å². The van der Waals surface area contributed by atoms with Gasteiger partial charge in [0.25, 0.3) is 0 Å². The van der Waals surface area contributed by atoms with Crippen LogP contribution in [0.5, 0.6) is 11.5 Å². The highest BCUT2D eigenvalue weighted by molar-refractivity contribution is 5.54. The number of nitrogens with zero attached hydrogens (tertiary/aromatic N) is 8. The summed E-state index contributed by atoms with van der Waals surface area (Å²) < 4.78 is 192. The van der Waals surface area contributed by atoms with Gasteiger partial charge in [-0.25, -0.2) is 57.1 Å². The highest BCUT2D eigenvalue weighted by atomic mass is 19.2. The second-order valence-electron chi connectivity index (χ2n) is 41.8. The lowest BCUT2D eigenvalue weighted by Gasteiger charge is -2.50. The minimum atomic E-state index is -0.552. The summed E-state index contributed by atoms with van der Waals surface area (Å²) in [6.07, 6.45) is 14.7. The van der Waals surface area contributed by atoms with Gasteiger partial charge < -0.3 is 38.7 Å². The van der Waals surface area contributed by atoms with Gasteiger partial charge >= 0.3 is 0 Å². The van der Waals surface area contributed by atoms with Crippen molar-refractivity contribution in [3.05, 3.63) is 216 Å². The normalized spacial score (nSPS) is 20.9. The first kappa shape index (κ1) is 106. The molecule has 0 aromatic heterocycles. The number of rotatable bonds is 23. The molecule has 7 aromatic rings. The van der Waals surface area contributed by atoms with Crippen LogP contribution in [-0.4, -0.2) is 160 Å². The van der Waals surface area contributed by atoms with Gasteiger partial charge in [-0.15, -0.1) is 0 Å². The van der Waals surface area contributed by atoms with Crippen LogP contribution in [0.3, 0.4) is 0 Å². The molecule has 2 spiro atoms. The molecule has 9 fully saturated rings. The molecule has 2 aliphatic carbocycles. The van der Waals surface area contributed by atoms with Crippen LogP contribution >= 0.6 is 0 Å². The largest absolute Gasteiger partial charge is 0.493 e. The fourth-order valence-electron chi connectivity index (χ4n) is 19.7. The number of hydrogen-bond donors (Lipinski definition) is 0. The average molecular weight is 1850 g/mol. The molecular weight excluding hydrogens is 1700 g/mol. The van der Waals surface area contributed by atoms with Gasteiger partial charge in [0.1, 0.15) is 93.2 Å². The maximum absolute atomic E-state index is 13.7. The Morgan fingerprint density at radius 2 is 0.750 bits per heavy atom. The molecule has 0 N–H and O–H groups in total. The van der Waals surface area contributed by atoms with Crippen molar-refractivity contribution in [1.29, 1.82) is 5.26 Å². The Hall–Kier alpha value is -8.08. The van der Waals surface area contributed by atoms with E-state index in [1.54, 1.807) is 13.0 Å². The Bertz CT molecular complexity index is 4770. The molecule has 132 heavy (non-hydrogen) atoms.